The van der Waals surface area contributed by atoms with Crippen LogP contribution in [0.2, 0.25) is 0 Å². The lowest BCUT2D eigenvalue weighted by Gasteiger charge is -2.59. The van der Waals surface area contributed by atoms with Crippen molar-refractivity contribution in [2.45, 2.75) is 62.7 Å². The molecule has 0 saturated heterocycles. The van der Waals surface area contributed by atoms with Gasteiger partial charge in [-0.25, -0.2) is 15.0 Å². The number of carbonyl (C=O) groups is 2. The van der Waals surface area contributed by atoms with Crippen molar-refractivity contribution in [3.05, 3.63) is 36.5 Å². The number of aliphatic hydroxyl groups excluding tert-OH is 1. The van der Waals surface area contributed by atoms with Crippen molar-refractivity contribution in [2.24, 2.45) is 28.6 Å². The molecule has 3 saturated carbocycles. The minimum Gasteiger partial charge on any atom is -0.393 e. The van der Waals surface area contributed by atoms with E-state index in [9.17, 15) is 19.8 Å². The number of carbonyl (C=O) groups excluding carboxylic acids is 2. The van der Waals surface area contributed by atoms with Crippen LogP contribution in [-0.2, 0) is 9.59 Å². The molecule has 2 aromatic rings. The fourth-order valence-electron chi connectivity index (χ4n) is 7.89. The molecule has 7 atom stereocenters. The molecular formula is C26H30N4O4S. The number of hydrogen-bond donors (Lipinski definition) is 3. The topological polar surface area (TPSA) is 129 Å². The maximum absolute atomic E-state index is 13.6. The number of allylic oxidation sites excluding steroid dienone is 4. The Bertz CT molecular complexity index is 1290. The Kier molecular flexibility index (Phi) is 5.15. The molecule has 184 valence electrons. The number of nitrogens with one attached hydrogen (secondary N) is 1. The quantitative estimate of drug-likeness (QED) is 0.437. The van der Waals surface area contributed by atoms with E-state index < -0.39 is 17.1 Å². The third kappa shape index (κ3) is 3.17. The molecule has 9 heteroatoms. The van der Waals surface area contributed by atoms with Crippen molar-refractivity contribution < 1.29 is 19.8 Å². The van der Waals surface area contributed by atoms with Gasteiger partial charge in [0.15, 0.2) is 17.2 Å². The van der Waals surface area contributed by atoms with Gasteiger partial charge < -0.3 is 15.2 Å². The van der Waals surface area contributed by atoms with Crippen molar-refractivity contribution >= 4 is 34.5 Å². The molecule has 0 unspecified atom stereocenters. The normalized spacial score (nSPS) is 40.2. The Hall–Kier alpha value is -2.36. The fourth-order valence-corrected chi connectivity index (χ4v) is 8.82. The molecule has 3 N–H and O–H groups in total. The molecular weight excluding hydrogens is 464 g/mol. The second kappa shape index (κ2) is 7.82. The number of nitrogens with zero attached hydrogens (tertiary/aromatic N) is 3. The van der Waals surface area contributed by atoms with E-state index in [1.807, 2.05) is 13.0 Å². The predicted octanol–water partition coefficient (Wildman–Crippen LogP) is 3.02. The van der Waals surface area contributed by atoms with Crippen LogP contribution in [0.4, 0.5) is 0 Å². The highest BCUT2D eigenvalue weighted by Gasteiger charge is 2.67. The van der Waals surface area contributed by atoms with Crippen LogP contribution in [0.15, 0.2) is 41.5 Å². The zero-order chi connectivity index (χ0) is 24.6. The van der Waals surface area contributed by atoms with Crippen molar-refractivity contribution in [2.75, 3.05) is 5.75 Å². The van der Waals surface area contributed by atoms with E-state index in [-0.39, 0.29) is 40.5 Å². The van der Waals surface area contributed by atoms with Gasteiger partial charge in [-0.15, -0.1) is 0 Å². The van der Waals surface area contributed by atoms with E-state index >= 15 is 0 Å². The first kappa shape index (κ1) is 23.1. The summed E-state index contributed by atoms with van der Waals surface area (Å²) >= 11 is 1.28. The van der Waals surface area contributed by atoms with E-state index in [0.29, 0.717) is 29.0 Å². The van der Waals surface area contributed by atoms with Crippen molar-refractivity contribution in [1.29, 1.82) is 0 Å². The Labute approximate surface area is 207 Å². The monoisotopic (exact) mass is 494 g/mol. The van der Waals surface area contributed by atoms with Crippen LogP contribution < -0.4 is 0 Å². The average Bonchev–Trinajstić information content (AvgIpc) is 3.41. The van der Waals surface area contributed by atoms with Gasteiger partial charge in [-0.3, -0.25) is 9.59 Å². The Morgan fingerprint density at radius 3 is 2.91 bits per heavy atom. The first-order valence-electron chi connectivity index (χ1n) is 12.3. The molecule has 6 rings (SSSR count). The van der Waals surface area contributed by atoms with Crippen LogP contribution in [0.25, 0.3) is 11.2 Å². The number of hydrogen-bond acceptors (Lipinski definition) is 8. The van der Waals surface area contributed by atoms with Crippen molar-refractivity contribution in [1.82, 2.24) is 19.9 Å². The summed E-state index contributed by atoms with van der Waals surface area (Å²) in [5.74, 6) is 0.188. The Morgan fingerprint density at radius 1 is 1.26 bits per heavy atom. The molecule has 8 nitrogen and oxygen atoms in total. The lowest BCUT2D eigenvalue weighted by molar-refractivity contribution is -0.174. The minimum absolute atomic E-state index is 0.0143. The van der Waals surface area contributed by atoms with Gasteiger partial charge in [0.05, 0.1) is 18.2 Å². The molecule has 0 bridgehead atoms. The van der Waals surface area contributed by atoms with E-state index in [1.54, 1.807) is 18.5 Å². The van der Waals surface area contributed by atoms with Gasteiger partial charge in [-0.05, 0) is 56.1 Å². The van der Waals surface area contributed by atoms with Crippen molar-refractivity contribution in [3.63, 3.8) is 0 Å². The summed E-state index contributed by atoms with van der Waals surface area (Å²) in [6.07, 6.45) is 10.9. The van der Waals surface area contributed by atoms with Gasteiger partial charge >= 0.3 is 0 Å². The molecule has 35 heavy (non-hydrogen) atoms. The zero-order valence-electron chi connectivity index (χ0n) is 19.9. The SMILES string of the molecule is C[C@]12C=CC(=O)C=C1CC[C@@H]1[C@@H]2[C@@H](O)C[C@@]2(C)[C@H]1CC[C@@]2(O)C(=O)CSc1ncnc2nc[nH]c12. The zero-order valence-corrected chi connectivity index (χ0v) is 20.7. The van der Waals surface area contributed by atoms with E-state index in [2.05, 4.69) is 26.9 Å². The largest absolute Gasteiger partial charge is 0.393 e. The summed E-state index contributed by atoms with van der Waals surface area (Å²) in [7, 11) is 0. The summed E-state index contributed by atoms with van der Waals surface area (Å²) in [4.78, 5) is 41.1. The molecule has 3 fully saturated rings. The van der Waals surface area contributed by atoms with E-state index in [1.165, 1.54) is 18.1 Å². The van der Waals surface area contributed by atoms with E-state index in [4.69, 9.17) is 0 Å². The highest BCUT2D eigenvalue weighted by atomic mass is 32.2. The second-order valence-corrected chi connectivity index (χ2v) is 12.1. The minimum atomic E-state index is -1.49. The molecule has 0 spiro atoms. The number of aliphatic hydroxyl groups is 2. The number of thioether (sulfide) groups is 1. The van der Waals surface area contributed by atoms with Crippen LogP contribution in [0.3, 0.4) is 0 Å². The molecule has 0 aromatic carbocycles. The standard InChI is InChI=1S/C26H30N4O4S/c1-24-7-5-15(31)9-14(24)3-4-16-17-6-8-26(34,25(17,2)10-18(32)20(16)24)19(33)11-35-23-21-22(28-12-27-21)29-13-30-23/h5,7,9,12-13,16-18,20,32,34H,3-4,6,8,10-11H2,1-2H3,(H,27,28,29,30)/t16-,17-,18-,20+,24-,25-,26+/m0/s1. The summed E-state index contributed by atoms with van der Waals surface area (Å²) in [5, 5.41) is 24.0. The van der Waals surface area contributed by atoms with E-state index in [0.717, 1.165) is 24.8 Å². The first-order chi connectivity index (χ1) is 16.7. The van der Waals surface area contributed by atoms with Crippen molar-refractivity contribution in [3.8, 4) is 0 Å². The number of aromatic nitrogens is 4. The predicted molar refractivity (Wildman–Crippen MR) is 130 cm³/mol. The van der Waals surface area contributed by atoms with Gasteiger partial charge in [-0.1, -0.05) is 37.3 Å². The number of fused-ring (bicyclic) bond motifs is 6. The fraction of sp³-hybridized carbons (Fsp3) is 0.577. The second-order valence-electron chi connectivity index (χ2n) is 11.1. The highest BCUT2D eigenvalue weighted by molar-refractivity contribution is 8.00. The van der Waals surface area contributed by atoms with Crippen LogP contribution in [0.1, 0.15) is 46.0 Å². The maximum Gasteiger partial charge on any atom is 0.181 e. The summed E-state index contributed by atoms with van der Waals surface area (Å²) in [6.45, 7) is 4.13. The molecule has 4 aliphatic rings. The number of ketones is 2. The van der Waals surface area contributed by atoms with Gasteiger partial charge in [-0.2, -0.15) is 0 Å². The first-order valence-corrected chi connectivity index (χ1v) is 13.3. The summed E-state index contributed by atoms with van der Waals surface area (Å²) < 4.78 is 0. The summed E-state index contributed by atoms with van der Waals surface area (Å²) in [6, 6.07) is 0. The average molecular weight is 495 g/mol. The Balaban J connectivity index is 1.26. The molecule has 0 radical (unpaired) electrons. The highest BCUT2D eigenvalue weighted by Crippen LogP contribution is 2.67. The smallest absolute Gasteiger partial charge is 0.181 e. The Morgan fingerprint density at radius 2 is 2.09 bits per heavy atom. The van der Waals surface area contributed by atoms with Crippen LogP contribution in [-0.4, -0.2) is 59.2 Å². The molecule has 0 aliphatic heterocycles. The lowest BCUT2D eigenvalue weighted by Crippen LogP contribution is -2.61. The number of H-pyrrole nitrogens is 1. The number of Topliss-reactive ketones (excluding diaryl/α,β-unsaturated/α-hetero) is 1. The number of aromatic amines is 1. The summed E-state index contributed by atoms with van der Waals surface area (Å²) in [5.41, 5.74) is -0.231. The lowest BCUT2D eigenvalue weighted by atomic mass is 9.46. The molecule has 0 amide bonds. The maximum atomic E-state index is 13.6. The van der Waals surface area contributed by atoms with Crippen LogP contribution >= 0.6 is 11.8 Å². The number of imidazole rings is 1. The molecule has 2 aromatic heterocycles. The third-order valence-corrected chi connectivity index (χ3v) is 10.6. The van der Waals surface area contributed by atoms with Crippen LogP contribution in [0, 0.1) is 28.6 Å². The molecule has 4 aliphatic carbocycles. The molecule has 2 heterocycles. The third-order valence-electron chi connectivity index (χ3n) is 9.64. The van der Waals surface area contributed by atoms with Gasteiger partial charge in [0.2, 0.25) is 0 Å². The number of rotatable bonds is 4. The van der Waals surface area contributed by atoms with Crippen LogP contribution in [0.5, 0.6) is 0 Å². The van der Waals surface area contributed by atoms with Gasteiger partial charge in [0.25, 0.3) is 0 Å². The van der Waals surface area contributed by atoms with Gasteiger partial charge in [0, 0.05) is 16.7 Å². The van der Waals surface area contributed by atoms with Gasteiger partial charge in [0.1, 0.15) is 22.5 Å².